The van der Waals surface area contributed by atoms with E-state index in [1.54, 1.807) is 19.1 Å². The quantitative estimate of drug-likeness (QED) is 0.698. The smallest absolute Gasteiger partial charge is 0.197 e. The van der Waals surface area contributed by atoms with Gasteiger partial charge in [-0.3, -0.25) is 0 Å². The van der Waals surface area contributed by atoms with E-state index < -0.39 is 0 Å². The van der Waals surface area contributed by atoms with Gasteiger partial charge in [0.25, 0.3) is 0 Å². The fraction of sp³-hybridized carbons (Fsp3) is 0.0625. The molecule has 0 spiro atoms. The second kappa shape index (κ2) is 5.17. The van der Waals surface area contributed by atoms with Crippen molar-refractivity contribution in [3.05, 3.63) is 66.2 Å². The molecule has 0 atom stereocenters. The van der Waals surface area contributed by atoms with Gasteiger partial charge in [0, 0.05) is 12.5 Å². The van der Waals surface area contributed by atoms with Crippen molar-refractivity contribution >= 4 is 0 Å². The third kappa shape index (κ3) is 2.40. The normalized spacial score (nSPS) is 10.5. The number of rotatable bonds is 3. The Morgan fingerprint density at radius 3 is 2.40 bits per heavy atom. The highest BCUT2D eigenvalue weighted by Crippen LogP contribution is 2.35. The van der Waals surface area contributed by atoms with Crippen LogP contribution in [0.3, 0.4) is 0 Å². The number of ether oxygens (including phenoxy) is 1. The molecule has 0 N–H and O–H groups in total. The Kier molecular flexibility index (Phi) is 3.21. The second-order valence-corrected chi connectivity index (χ2v) is 4.34. The van der Waals surface area contributed by atoms with Crippen molar-refractivity contribution in [1.82, 2.24) is 5.16 Å². The minimum Gasteiger partial charge on any atom is -0.451 e. The zero-order chi connectivity index (χ0) is 13.9. The van der Waals surface area contributed by atoms with Gasteiger partial charge in [0.05, 0.1) is 0 Å². The Bertz CT molecular complexity index is 705. The molecule has 0 aliphatic carbocycles. The summed E-state index contributed by atoms with van der Waals surface area (Å²) in [6.07, 6.45) is 0. The van der Waals surface area contributed by atoms with E-state index in [0.717, 1.165) is 5.56 Å². The summed E-state index contributed by atoms with van der Waals surface area (Å²) in [6.45, 7) is 1.78. The van der Waals surface area contributed by atoms with Gasteiger partial charge >= 0.3 is 0 Å². The maximum atomic E-state index is 12.9. The van der Waals surface area contributed by atoms with E-state index >= 15 is 0 Å². The molecule has 20 heavy (non-hydrogen) atoms. The largest absolute Gasteiger partial charge is 0.451 e. The SMILES string of the molecule is Cc1onc(-c2ccccc2)c1Oc1ccc(F)cc1. The molecule has 0 saturated carbocycles. The highest BCUT2D eigenvalue weighted by Gasteiger charge is 2.16. The molecule has 0 saturated heterocycles. The van der Waals surface area contributed by atoms with E-state index in [1.807, 2.05) is 30.3 Å². The molecular weight excluding hydrogens is 257 g/mol. The minimum absolute atomic E-state index is 0.303. The van der Waals surface area contributed by atoms with Crippen LogP contribution in [0.1, 0.15) is 5.76 Å². The Morgan fingerprint density at radius 2 is 1.70 bits per heavy atom. The average Bonchev–Trinajstić information content (AvgIpc) is 2.84. The Morgan fingerprint density at radius 1 is 1.00 bits per heavy atom. The van der Waals surface area contributed by atoms with Crippen molar-refractivity contribution in [2.45, 2.75) is 6.92 Å². The van der Waals surface area contributed by atoms with E-state index in [9.17, 15) is 4.39 Å². The van der Waals surface area contributed by atoms with Crippen molar-refractivity contribution in [3.8, 4) is 22.8 Å². The minimum atomic E-state index is -0.303. The maximum Gasteiger partial charge on any atom is 0.197 e. The zero-order valence-corrected chi connectivity index (χ0v) is 10.8. The lowest BCUT2D eigenvalue weighted by molar-refractivity contribution is 0.386. The third-order valence-electron chi connectivity index (χ3n) is 2.89. The first-order valence-corrected chi connectivity index (χ1v) is 6.19. The van der Waals surface area contributed by atoms with Crippen LogP contribution in [-0.4, -0.2) is 5.16 Å². The molecule has 3 aromatic rings. The van der Waals surface area contributed by atoms with Crippen LogP contribution in [-0.2, 0) is 0 Å². The summed E-state index contributed by atoms with van der Waals surface area (Å²) in [5.74, 6) is 1.36. The molecule has 0 bridgehead atoms. The third-order valence-corrected chi connectivity index (χ3v) is 2.89. The molecule has 0 amide bonds. The summed E-state index contributed by atoms with van der Waals surface area (Å²) in [4.78, 5) is 0. The van der Waals surface area contributed by atoms with Crippen LogP contribution in [0.2, 0.25) is 0 Å². The molecule has 1 heterocycles. The van der Waals surface area contributed by atoms with Gasteiger partial charge in [-0.25, -0.2) is 4.39 Å². The van der Waals surface area contributed by atoms with Crippen molar-refractivity contribution in [3.63, 3.8) is 0 Å². The standard InChI is InChI=1S/C16H12FNO2/c1-11-16(19-14-9-7-13(17)8-10-14)15(18-20-11)12-5-3-2-4-6-12/h2-10H,1H3. The lowest BCUT2D eigenvalue weighted by atomic mass is 10.1. The van der Waals surface area contributed by atoms with Gasteiger partial charge in [0.2, 0.25) is 0 Å². The Hall–Kier alpha value is -2.62. The van der Waals surface area contributed by atoms with Crippen LogP contribution in [0.15, 0.2) is 59.1 Å². The molecule has 0 unspecified atom stereocenters. The van der Waals surface area contributed by atoms with Crippen molar-refractivity contribution in [2.24, 2.45) is 0 Å². The van der Waals surface area contributed by atoms with E-state index in [4.69, 9.17) is 9.26 Å². The first-order chi connectivity index (χ1) is 9.74. The van der Waals surface area contributed by atoms with Gasteiger partial charge < -0.3 is 9.26 Å². The second-order valence-electron chi connectivity index (χ2n) is 4.34. The summed E-state index contributed by atoms with van der Waals surface area (Å²) < 4.78 is 23.9. The fourth-order valence-electron chi connectivity index (χ4n) is 1.88. The van der Waals surface area contributed by atoms with Gasteiger partial charge in [-0.05, 0) is 24.3 Å². The lowest BCUT2D eigenvalue weighted by Crippen LogP contribution is -1.88. The number of hydrogen-bond donors (Lipinski definition) is 0. The number of nitrogens with zero attached hydrogens (tertiary/aromatic N) is 1. The van der Waals surface area contributed by atoms with Gasteiger partial charge in [0.1, 0.15) is 11.6 Å². The number of aromatic nitrogens is 1. The van der Waals surface area contributed by atoms with E-state index in [2.05, 4.69) is 5.16 Å². The summed E-state index contributed by atoms with van der Waals surface area (Å²) >= 11 is 0. The number of hydrogen-bond acceptors (Lipinski definition) is 3. The maximum absolute atomic E-state index is 12.9. The van der Waals surface area contributed by atoms with Crippen LogP contribution >= 0.6 is 0 Å². The van der Waals surface area contributed by atoms with Crippen molar-refractivity contribution < 1.29 is 13.7 Å². The molecular formula is C16H12FNO2. The number of aryl methyl sites for hydroxylation is 1. The van der Waals surface area contributed by atoms with Crippen LogP contribution in [0.25, 0.3) is 11.3 Å². The first kappa shape index (κ1) is 12.4. The molecule has 4 heteroatoms. The summed E-state index contributed by atoms with van der Waals surface area (Å²) in [7, 11) is 0. The van der Waals surface area contributed by atoms with Crippen LogP contribution in [0, 0.1) is 12.7 Å². The van der Waals surface area contributed by atoms with Crippen LogP contribution < -0.4 is 4.74 Å². The van der Waals surface area contributed by atoms with E-state index in [-0.39, 0.29) is 5.82 Å². The molecule has 0 radical (unpaired) electrons. The Balaban J connectivity index is 1.97. The molecule has 0 aliphatic rings. The topological polar surface area (TPSA) is 35.3 Å². The van der Waals surface area contributed by atoms with Gasteiger partial charge in [-0.1, -0.05) is 35.5 Å². The fourth-order valence-corrected chi connectivity index (χ4v) is 1.88. The van der Waals surface area contributed by atoms with Crippen molar-refractivity contribution in [1.29, 1.82) is 0 Å². The lowest BCUT2D eigenvalue weighted by Gasteiger charge is -2.05. The molecule has 0 aliphatic heterocycles. The van der Waals surface area contributed by atoms with Crippen molar-refractivity contribution in [2.75, 3.05) is 0 Å². The average molecular weight is 269 g/mol. The first-order valence-electron chi connectivity index (χ1n) is 6.19. The highest BCUT2D eigenvalue weighted by molar-refractivity contribution is 5.67. The molecule has 2 aromatic carbocycles. The molecule has 3 rings (SSSR count). The number of benzene rings is 2. The van der Waals surface area contributed by atoms with E-state index in [0.29, 0.717) is 23.0 Å². The van der Waals surface area contributed by atoms with Gasteiger partial charge in [-0.15, -0.1) is 0 Å². The van der Waals surface area contributed by atoms with Gasteiger partial charge in [-0.2, -0.15) is 0 Å². The highest BCUT2D eigenvalue weighted by atomic mass is 19.1. The zero-order valence-electron chi connectivity index (χ0n) is 10.8. The molecule has 3 nitrogen and oxygen atoms in total. The molecule has 0 fully saturated rings. The summed E-state index contributed by atoms with van der Waals surface area (Å²) in [6, 6.07) is 15.4. The van der Waals surface area contributed by atoms with Crippen LogP contribution in [0.4, 0.5) is 4.39 Å². The monoisotopic (exact) mass is 269 g/mol. The summed E-state index contributed by atoms with van der Waals surface area (Å²) in [5, 5.41) is 4.03. The predicted octanol–water partition coefficient (Wildman–Crippen LogP) is 4.58. The van der Waals surface area contributed by atoms with Gasteiger partial charge in [0.15, 0.2) is 17.2 Å². The predicted molar refractivity (Wildman–Crippen MR) is 73.2 cm³/mol. The molecule has 1 aromatic heterocycles. The number of halogens is 1. The Labute approximate surface area is 115 Å². The summed E-state index contributed by atoms with van der Waals surface area (Å²) in [5.41, 5.74) is 1.54. The molecule has 100 valence electrons. The van der Waals surface area contributed by atoms with E-state index in [1.165, 1.54) is 12.1 Å². The van der Waals surface area contributed by atoms with Crippen LogP contribution in [0.5, 0.6) is 11.5 Å².